The number of fused-ring (bicyclic) bond motifs is 1. The van der Waals surface area contributed by atoms with Crippen molar-refractivity contribution >= 4 is 56.5 Å². The second-order valence-electron chi connectivity index (χ2n) is 9.19. The Hall–Kier alpha value is -4.38. The molecule has 0 atom stereocenters. The fourth-order valence-electron chi connectivity index (χ4n) is 3.89. The minimum absolute atomic E-state index is 0.0647. The van der Waals surface area contributed by atoms with E-state index < -0.39 is 10.9 Å². The molecule has 1 amide bonds. The number of ether oxygens (including phenoxy) is 2. The molecule has 0 saturated carbocycles. The quantitative estimate of drug-likeness (QED) is 0.212. The van der Waals surface area contributed by atoms with Crippen LogP contribution in [-0.4, -0.2) is 38.5 Å². The van der Waals surface area contributed by atoms with E-state index in [2.05, 4.69) is 34.4 Å². The fourth-order valence-corrected chi connectivity index (χ4v) is 4.50. The predicted molar refractivity (Wildman–Crippen MR) is 154 cm³/mol. The number of carbonyl (C=O) groups is 1. The highest BCUT2D eigenvalue weighted by Crippen LogP contribution is 2.35. The Morgan fingerprint density at radius 1 is 0.897 bits per heavy atom. The summed E-state index contributed by atoms with van der Waals surface area (Å²) >= 11 is 0. The average molecular weight is 550 g/mol. The van der Waals surface area contributed by atoms with Crippen LogP contribution in [0.3, 0.4) is 0 Å². The molecule has 2 N–H and O–H groups in total. The SMILES string of the molecule is COc1cc(Nc2nc3ccccc3nc2N(c2cccc(NC(=O)CCC(C)C)c2)[SH](=O)=O)cc(OC)c1. The van der Waals surface area contributed by atoms with Crippen molar-refractivity contribution in [1.82, 2.24) is 9.97 Å². The van der Waals surface area contributed by atoms with Crippen LogP contribution in [0.25, 0.3) is 11.0 Å². The number of hydrogen-bond acceptors (Lipinski definition) is 8. The number of rotatable bonds is 11. The van der Waals surface area contributed by atoms with Crippen molar-refractivity contribution in [3.05, 3.63) is 66.7 Å². The van der Waals surface area contributed by atoms with E-state index in [0.29, 0.717) is 51.9 Å². The number of methoxy groups -OCH3 is 2. The normalized spacial score (nSPS) is 11.0. The molecule has 10 nitrogen and oxygen atoms in total. The van der Waals surface area contributed by atoms with Crippen LogP contribution in [0.1, 0.15) is 26.7 Å². The van der Waals surface area contributed by atoms with E-state index in [9.17, 15) is 13.2 Å². The summed E-state index contributed by atoms with van der Waals surface area (Å²) in [5.41, 5.74) is 2.42. The first-order chi connectivity index (χ1) is 18.8. The molecule has 0 radical (unpaired) electrons. The highest BCUT2D eigenvalue weighted by Gasteiger charge is 2.21. The monoisotopic (exact) mass is 549 g/mol. The maximum Gasteiger partial charge on any atom is 0.230 e. The average Bonchev–Trinajstić information content (AvgIpc) is 2.92. The molecule has 3 aromatic carbocycles. The highest BCUT2D eigenvalue weighted by molar-refractivity contribution is 7.74. The Morgan fingerprint density at radius 2 is 1.56 bits per heavy atom. The number of thiol groups is 1. The molecule has 0 aliphatic carbocycles. The van der Waals surface area contributed by atoms with Crippen LogP contribution in [-0.2, 0) is 15.7 Å². The third-order valence-electron chi connectivity index (χ3n) is 5.85. The van der Waals surface area contributed by atoms with Crippen molar-refractivity contribution in [3.8, 4) is 11.5 Å². The van der Waals surface area contributed by atoms with Crippen molar-refractivity contribution in [2.24, 2.45) is 5.92 Å². The molecule has 0 aliphatic rings. The van der Waals surface area contributed by atoms with Gasteiger partial charge in [0.1, 0.15) is 11.5 Å². The summed E-state index contributed by atoms with van der Waals surface area (Å²) in [4.78, 5) is 21.8. The van der Waals surface area contributed by atoms with Crippen molar-refractivity contribution in [1.29, 1.82) is 0 Å². The first kappa shape index (κ1) is 27.6. The second-order valence-corrected chi connectivity index (χ2v) is 10.1. The number of hydrogen-bond donors (Lipinski definition) is 3. The molecular formula is C28H31N5O5S. The molecule has 11 heteroatoms. The Morgan fingerprint density at radius 3 is 2.18 bits per heavy atom. The van der Waals surface area contributed by atoms with Crippen LogP contribution in [0.2, 0.25) is 0 Å². The number of amides is 1. The number of carbonyl (C=O) groups excluding carboxylic acids is 1. The Labute approximate surface area is 229 Å². The van der Waals surface area contributed by atoms with Crippen molar-refractivity contribution < 1.29 is 22.7 Å². The maximum atomic E-state index is 12.7. The largest absolute Gasteiger partial charge is 0.497 e. The molecule has 0 spiro atoms. The zero-order valence-electron chi connectivity index (χ0n) is 22.2. The van der Waals surface area contributed by atoms with Gasteiger partial charge >= 0.3 is 0 Å². The van der Waals surface area contributed by atoms with E-state index in [1.807, 2.05) is 6.07 Å². The lowest BCUT2D eigenvalue weighted by Crippen LogP contribution is -2.19. The van der Waals surface area contributed by atoms with E-state index in [0.717, 1.165) is 10.7 Å². The maximum absolute atomic E-state index is 12.7. The third kappa shape index (κ3) is 6.94. The Kier molecular flexibility index (Phi) is 8.82. The zero-order valence-corrected chi connectivity index (χ0v) is 23.1. The fraction of sp³-hybridized carbons (Fsp3) is 0.250. The van der Waals surface area contributed by atoms with E-state index in [1.54, 1.807) is 60.7 Å². The van der Waals surface area contributed by atoms with Crippen molar-refractivity contribution in [2.75, 3.05) is 29.2 Å². The molecule has 39 heavy (non-hydrogen) atoms. The highest BCUT2D eigenvalue weighted by atomic mass is 32.2. The van der Waals surface area contributed by atoms with E-state index in [-0.39, 0.29) is 17.5 Å². The Balaban J connectivity index is 1.78. The van der Waals surface area contributed by atoms with Gasteiger partial charge in [-0.05, 0) is 42.7 Å². The van der Waals surface area contributed by atoms with E-state index in [1.165, 1.54) is 14.2 Å². The predicted octanol–water partition coefficient (Wildman–Crippen LogP) is 5.43. The van der Waals surface area contributed by atoms with Crippen molar-refractivity contribution in [2.45, 2.75) is 26.7 Å². The molecular weight excluding hydrogens is 518 g/mol. The lowest BCUT2D eigenvalue weighted by atomic mass is 10.1. The minimum atomic E-state index is -3.20. The molecule has 1 heterocycles. The smallest absolute Gasteiger partial charge is 0.230 e. The van der Waals surface area contributed by atoms with Gasteiger partial charge in [-0.3, -0.25) is 4.79 Å². The molecule has 0 saturated heterocycles. The Bertz CT molecular complexity index is 1530. The molecule has 0 fully saturated rings. The summed E-state index contributed by atoms with van der Waals surface area (Å²) in [6.45, 7) is 4.10. The summed E-state index contributed by atoms with van der Waals surface area (Å²) in [7, 11) is -0.121. The van der Waals surface area contributed by atoms with Gasteiger partial charge in [0, 0.05) is 36.0 Å². The molecule has 0 bridgehead atoms. The van der Waals surface area contributed by atoms with Gasteiger partial charge in [0.05, 0.1) is 30.9 Å². The summed E-state index contributed by atoms with van der Waals surface area (Å²) in [6.07, 6.45) is 1.12. The summed E-state index contributed by atoms with van der Waals surface area (Å²) in [6, 6.07) is 19.0. The molecule has 4 aromatic rings. The van der Waals surface area contributed by atoms with Crippen LogP contribution in [0, 0.1) is 5.92 Å². The van der Waals surface area contributed by atoms with Gasteiger partial charge in [-0.2, -0.15) is 0 Å². The topological polar surface area (TPSA) is 123 Å². The molecule has 1 aromatic heterocycles. The summed E-state index contributed by atoms with van der Waals surface area (Å²) in [5.74, 6) is 1.60. The van der Waals surface area contributed by atoms with Gasteiger partial charge in [0.15, 0.2) is 11.6 Å². The zero-order chi connectivity index (χ0) is 27.9. The lowest BCUT2D eigenvalue weighted by Gasteiger charge is -2.21. The van der Waals surface area contributed by atoms with Gasteiger partial charge in [-0.25, -0.2) is 22.7 Å². The van der Waals surface area contributed by atoms with Crippen LogP contribution < -0.4 is 24.4 Å². The van der Waals surface area contributed by atoms with Crippen LogP contribution in [0.15, 0.2) is 66.7 Å². The van der Waals surface area contributed by atoms with Gasteiger partial charge in [-0.15, -0.1) is 0 Å². The number of para-hydroxylation sites is 2. The number of nitrogens with one attached hydrogen (secondary N) is 2. The lowest BCUT2D eigenvalue weighted by molar-refractivity contribution is -0.116. The number of nitrogens with zero attached hydrogens (tertiary/aromatic N) is 3. The number of anilines is 5. The van der Waals surface area contributed by atoms with Crippen LogP contribution in [0.4, 0.5) is 28.7 Å². The minimum Gasteiger partial charge on any atom is -0.497 e. The van der Waals surface area contributed by atoms with Gasteiger partial charge in [0.2, 0.25) is 16.8 Å². The third-order valence-corrected chi connectivity index (χ3v) is 6.60. The first-order valence-corrected chi connectivity index (χ1v) is 13.5. The number of benzene rings is 3. The van der Waals surface area contributed by atoms with Gasteiger partial charge in [0.25, 0.3) is 0 Å². The van der Waals surface area contributed by atoms with Crippen LogP contribution in [0.5, 0.6) is 11.5 Å². The number of aromatic nitrogens is 2. The van der Waals surface area contributed by atoms with Gasteiger partial charge in [-0.1, -0.05) is 32.0 Å². The standard InChI is InChI=1S/C28H31N5O5S/c1-18(2)12-13-26(34)29-19-8-7-9-21(14-19)33(39(35)36)28-27(31-24-10-5-6-11-25(24)32-28)30-20-15-22(37-3)17-23(16-20)38-4/h5-11,14-18,39H,12-13H2,1-4H3,(H,29,34)(H,30,31). The summed E-state index contributed by atoms with van der Waals surface area (Å²) in [5, 5.41) is 6.03. The van der Waals surface area contributed by atoms with Gasteiger partial charge < -0.3 is 20.1 Å². The molecule has 4 rings (SSSR count). The van der Waals surface area contributed by atoms with Crippen LogP contribution >= 0.6 is 0 Å². The summed E-state index contributed by atoms with van der Waals surface area (Å²) < 4.78 is 37.2. The molecule has 0 aliphatic heterocycles. The second kappa shape index (κ2) is 12.4. The van der Waals surface area contributed by atoms with Crippen molar-refractivity contribution in [3.63, 3.8) is 0 Å². The van der Waals surface area contributed by atoms with E-state index in [4.69, 9.17) is 9.47 Å². The molecule has 0 unspecified atom stereocenters. The van der Waals surface area contributed by atoms with E-state index >= 15 is 0 Å². The molecule has 204 valence electrons. The first-order valence-electron chi connectivity index (χ1n) is 12.4.